The van der Waals surface area contributed by atoms with Crippen LogP contribution in [0.2, 0.25) is 0 Å². The first-order valence-electron chi connectivity index (χ1n) is 9.73. The zero-order chi connectivity index (χ0) is 18.8. The summed E-state index contributed by atoms with van der Waals surface area (Å²) in [5, 5.41) is 4.58. The maximum Gasteiger partial charge on any atom is 0.228 e. The lowest BCUT2D eigenvalue weighted by molar-refractivity contribution is 0.710. The summed E-state index contributed by atoms with van der Waals surface area (Å²) in [7, 11) is 0. The van der Waals surface area contributed by atoms with Crippen LogP contribution in [-0.2, 0) is 19.5 Å². The number of hydrogen-bond donors (Lipinski definition) is 1. The highest BCUT2D eigenvalue weighted by Gasteiger charge is 2.19. The van der Waals surface area contributed by atoms with Crippen LogP contribution in [0.1, 0.15) is 16.7 Å². The Labute approximate surface area is 164 Å². The van der Waals surface area contributed by atoms with E-state index in [2.05, 4.69) is 70.9 Å². The topological polar surface area (TPSA) is 41.1 Å². The largest absolute Gasteiger partial charge is 0.365 e. The van der Waals surface area contributed by atoms with Crippen LogP contribution in [0, 0.1) is 0 Å². The minimum atomic E-state index is 0.740. The van der Waals surface area contributed by atoms with Crippen molar-refractivity contribution in [3.63, 3.8) is 0 Å². The van der Waals surface area contributed by atoms with Crippen LogP contribution in [0.4, 0.5) is 11.8 Å². The van der Waals surface area contributed by atoms with Crippen molar-refractivity contribution in [1.29, 1.82) is 0 Å². The number of fused-ring (bicyclic) bond motifs is 2. The molecule has 0 aliphatic carbocycles. The summed E-state index contributed by atoms with van der Waals surface area (Å²) in [6.07, 6.45) is 1.03. The zero-order valence-corrected chi connectivity index (χ0v) is 15.7. The van der Waals surface area contributed by atoms with E-state index in [-0.39, 0.29) is 0 Å². The quantitative estimate of drug-likeness (QED) is 0.563. The minimum absolute atomic E-state index is 0.740. The summed E-state index contributed by atoms with van der Waals surface area (Å²) in [5.41, 5.74) is 5.01. The first-order chi connectivity index (χ1) is 13.9. The van der Waals surface area contributed by atoms with Gasteiger partial charge in [-0.05, 0) is 35.2 Å². The molecular formula is C24H22N4. The molecule has 0 spiro atoms. The third kappa shape index (κ3) is 3.29. The molecule has 138 valence electrons. The predicted octanol–water partition coefficient (Wildman–Crippen LogP) is 4.80. The van der Waals surface area contributed by atoms with Crippen LogP contribution in [-0.4, -0.2) is 16.5 Å². The Morgan fingerprint density at radius 3 is 2.43 bits per heavy atom. The van der Waals surface area contributed by atoms with Crippen molar-refractivity contribution in [2.75, 3.05) is 16.8 Å². The fourth-order valence-electron chi connectivity index (χ4n) is 3.79. The van der Waals surface area contributed by atoms with Crippen LogP contribution in [0.25, 0.3) is 10.9 Å². The average molecular weight is 366 g/mol. The molecule has 0 radical (unpaired) electrons. The lowest BCUT2D eigenvalue weighted by atomic mass is 10.0. The molecule has 5 rings (SSSR count). The first kappa shape index (κ1) is 16.8. The molecule has 1 aliphatic heterocycles. The van der Waals surface area contributed by atoms with Gasteiger partial charge in [-0.25, -0.2) is 4.98 Å². The molecule has 4 heteroatoms. The monoisotopic (exact) mass is 366 g/mol. The van der Waals surface area contributed by atoms with Crippen molar-refractivity contribution >= 4 is 22.7 Å². The second-order valence-electron chi connectivity index (χ2n) is 7.17. The number of anilines is 2. The molecule has 0 saturated heterocycles. The molecule has 1 aromatic heterocycles. The van der Waals surface area contributed by atoms with E-state index >= 15 is 0 Å². The zero-order valence-electron chi connectivity index (χ0n) is 15.7. The molecule has 4 nitrogen and oxygen atoms in total. The fraction of sp³-hybridized carbons (Fsp3) is 0.167. The van der Waals surface area contributed by atoms with Crippen LogP contribution in [0.5, 0.6) is 0 Å². The maximum atomic E-state index is 4.92. The van der Waals surface area contributed by atoms with Gasteiger partial charge >= 0.3 is 0 Å². The summed E-state index contributed by atoms with van der Waals surface area (Å²) in [6.45, 7) is 2.53. The van der Waals surface area contributed by atoms with Crippen LogP contribution >= 0.6 is 0 Å². The van der Waals surface area contributed by atoms with E-state index in [0.29, 0.717) is 0 Å². The van der Waals surface area contributed by atoms with E-state index in [1.165, 1.54) is 16.7 Å². The molecule has 28 heavy (non-hydrogen) atoms. The minimum Gasteiger partial charge on any atom is -0.365 e. The number of aromatic nitrogens is 2. The summed E-state index contributed by atoms with van der Waals surface area (Å²) < 4.78 is 0. The lowest BCUT2D eigenvalue weighted by Gasteiger charge is -2.29. The standard InChI is InChI=1S/C24H22N4/c1-2-8-18(9-3-1)16-25-23-21-12-6-7-13-22(21)26-24(27-23)28-15-14-19-10-4-5-11-20(19)17-28/h1-13H,14-17H2,(H,25,26,27). The van der Waals surface area contributed by atoms with Gasteiger partial charge in [-0.15, -0.1) is 0 Å². The molecule has 1 N–H and O–H groups in total. The smallest absolute Gasteiger partial charge is 0.228 e. The Morgan fingerprint density at radius 1 is 0.786 bits per heavy atom. The SMILES string of the molecule is c1ccc(CNc2nc(N3CCc4ccccc4C3)nc3ccccc23)cc1. The second kappa shape index (κ2) is 7.31. The molecule has 1 aliphatic rings. The third-order valence-corrected chi connectivity index (χ3v) is 5.31. The highest BCUT2D eigenvalue weighted by molar-refractivity contribution is 5.90. The van der Waals surface area contributed by atoms with E-state index in [1.807, 2.05) is 18.2 Å². The molecule has 3 aromatic carbocycles. The molecule has 0 fully saturated rings. The van der Waals surface area contributed by atoms with Crippen molar-refractivity contribution in [2.45, 2.75) is 19.5 Å². The highest BCUT2D eigenvalue weighted by atomic mass is 15.3. The summed E-state index contributed by atoms with van der Waals surface area (Å²) in [4.78, 5) is 12.1. The van der Waals surface area contributed by atoms with E-state index in [9.17, 15) is 0 Å². The number of rotatable bonds is 4. The molecule has 0 saturated carbocycles. The van der Waals surface area contributed by atoms with E-state index < -0.39 is 0 Å². The van der Waals surface area contributed by atoms with Gasteiger partial charge in [0.1, 0.15) is 5.82 Å². The number of para-hydroxylation sites is 1. The van der Waals surface area contributed by atoms with Gasteiger partial charge in [0.2, 0.25) is 5.95 Å². The maximum absolute atomic E-state index is 4.92. The van der Waals surface area contributed by atoms with E-state index in [1.54, 1.807) is 0 Å². The molecule has 0 unspecified atom stereocenters. The van der Waals surface area contributed by atoms with Gasteiger partial charge in [0.15, 0.2) is 0 Å². The summed E-state index contributed by atoms with van der Waals surface area (Å²) in [6, 6.07) is 27.3. The number of benzene rings is 3. The normalized spacial score (nSPS) is 13.4. The van der Waals surface area contributed by atoms with Crippen molar-refractivity contribution in [2.24, 2.45) is 0 Å². The predicted molar refractivity (Wildman–Crippen MR) is 115 cm³/mol. The van der Waals surface area contributed by atoms with E-state index in [4.69, 9.17) is 9.97 Å². The molecule has 4 aromatic rings. The van der Waals surface area contributed by atoms with Gasteiger partial charge in [-0.3, -0.25) is 0 Å². The Kier molecular flexibility index (Phi) is 4.37. The Morgan fingerprint density at radius 2 is 1.54 bits per heavy atom. The van der Waals surface area contributed by atoms with Gasteiger partial charge < -0.3 is 10.2 Å². The Bertz CT molecular complexity index is 1110. The number of nitrogens with one attached hydrogen (secondary N) is 1. The summed E-state index contributed by atoms with van der Waals surface area (Å²) >= 11 is 0. The van der Waals surface area contributed by atoms with Crippen LogP contribution < -0.4 is 10.2 Å². The Hall–Kier alpha value is -3.40. The fourth-order valence-corrected chi connectivity index (χ4v) is 3.79. The van der Waals surface area contributed by atoms with Gasteiger partial charge in [0, 0.05) is 25.0 Å². The molecule has 0 amide bonds. The molecule has 0 atom stereocenters. The second-order valence-corrected chi connectivity index (χ2v) is 7.17. The highest BCUT2D eigenvalue weighted by Crippen LogP contribution is 2.27. The third-order valence-electron chi connectivity index (χ3n) is 5.31. The van der Waals surface area contributed by atoms with Crippen molar-refractivity contribution in [1.82, 2.24) is 9.97 Å². The lowest BCUT2D eigenvalue weighted by Crippen LogP contribution is -2.31. The van der Waals surface area contributed by atoms with Crippen LogP contribution in [0.15, 0.2) is 78.9 Å². The molecule has 0 bridgehead atoms. The number of hydrogen-bond acceptors (Lipinski definition) is 4. The van der Waals surface area contributed by atoms with Crippen molar-refractivity contribution in [3.05, 3.63) is 95.6 Å². The number of nitrogens with zero attached hydrogens (tertiary/aromatic N) is 3. The van der Waals surface area contributed by atoms with Gasteiger partial charge in [0.25, 0.3) is 0 Å². The first-order valence-corrected chi connectivity index (χ1v) is 9.73. The van der Waals surface area contributed by atoms with Gasteiger partial charge in [-0.1, -0.05) is 66.7 Å². The molecule has 2 heterocycles. The summed E-state index contributed by atoms with van der Waals surface area (Å²) in [5.74, 6) is 1.69. The Balaban J connectivity index is 1.48. The van der Waals surface area contributed by atoms with Gasteiger partial charge in [0.05, 0.1) is 5.52 Å². The average Bonchev–Trinajstić information content (AvgIpc) is 2.77. The van der Waals surface area contributed by atoms with Crippen molar-refractivity contribution < 1.29 is 0 Å². The van der Waals surface area contributed by atoms with Crippen LogP contribution in [0.3, 0.4) is 0 Å². The van der Waals surface area contributed by atoms with E-state index in [0.717, 1.165) is 48.7 Å². The van der Waals surface area contributed by atoms with Crippen molar-refractivity contribution in [3.8, 4) is 0 Å². The molecular weight excluding hydrogens is 344 g/mol. The van der Waals surface area contributed by atoms with Gasteiger partial charge in [-0.2, -0.15) is 4.98 Å².